The molecule has 0 spiro atoms. The molecule has 0 bridgehead atoms. The molecule has 2 N–H and O–H groups in total. The number of nitrogens with two attached hydrogens (primary N) is 1. The Hall–Kier alpha value is -2.89. The molecule has 0 unspecified atom stereocenters. The number of rotatable bonds is 6. The highest BCUT2D eigenvalue weighted by atomic mass is 16.5. The second-order valence-electron chi connectivity index (χ2n) is 4.71. The first kappa shape index (κ1) is 15.5. The third-order valence-electron chi connectivity index (χ3n) is 2.69. The van der Waals surface area contributed by atoms with Crippen LogP contribution < -0.4 is 5.73 Å². The number of hydrogen-bond donors (Lipinski definition) is 1. The fraction of sp³-hybridized carbons (Fsp3) is 0.188. The van der Waals surface area contributed by atoms with E-state index in [-0.39, 0.29) is 6.61 Å². The molecule has 6 nitrogen and oxygen atoms in total. The molecular weight excluding hydrogens is 280 g/mol. The molecule has 0 aromatic carbocycles. The minimum Gasteiger partial charge on any atom is -0.458 e. The lowest BCUT2D eigenvalue weighted by molar-refractivity contribution is -0.136. The van der Waals surface area contributed by atoms with Crippen molar-refractivity contribution in [1.82, 2.24) is 14.5 Å². The lowest BCUT2D eigenvalue weighted by Crippen LogP contribution is -2.04. The van der Waals surface area contributed by atoms with Gasteiger partial charge in [0.25, 0.3) is 0 Å². The summed E-state index contributed by atoms with van der Waals surface area (Å²) in [6.07, 6.45) is 10.2. The minimum absolute atomic E-state index is 0.177. The highest BCUT2D eigenvalue weighted by Gasteiger charge is 1.98. The molecule has 0 atom stereocenters. The monoisotopic (exact) mass is 298 g/mol. The molecule has 2 aromatic heterocycles. The molecular formula is C16H18N4O2. The van der Waals surface area contributed by atoms with E-state index in [4.69, 9.17) is 10.5 Å². The third-order valence-corrected chi connectivity index (χ3v) is 2.69. The highest BCUT2D eigenvalue weighted by Crippen LogP contribution is 2.04. The van der Waals surface area contributed by atoms with Crippen LogP contribution in [0, 0.1) is 0 Å². The van der Waals surface area contributed by atoms with Crippen LogP contribution in [0.15, 0.2) is 54.8 Å². The Labute approximate surface area is 129 Å². The number of allylic oxidation sites excluding steroid dienone is 1. The molecule has 0 saturated heterocycles. The second kappa shape index (κ2) is 7.78. The molecule has 0 radical (unpaired) electrons. The zero-order valence-electron chi connectivity index (χ0n) is 12.3. The predicted molar refractivity (Wildman–Crippen MR) is 83.5 cm³/mol. The summed E-state index contributed by atoms with van der Waals surface area (Å²) in [6, 6.07) is 5.78. The van der Waals surface area contributed by atoms with Gasteiger partial charge in [-0.05, 0) is 31.2 Å². The first-order valence-electron chi connectivity index (χ1n) is 6.82. The van der Waals surface area contributed by atoms with Crippen molar-refractivity contribution < 1.29 is 9.53 Å². The average Bonchev–Trinajstić information content (AvgIpc) is 2.96. The Morgan fingerprint density at radius 2 is 2.32 bits per heavy atom. The molecule has 22 heavy (non-hydrogen) atoms. The molecule has 114 valence electrons. The van der Waals surface area contributed by atoms with Crippen molar-refractivity contribution in [3.63, 3.8) is 0 Å². The van der Waals surface area contributed by atoms with Crippen LogP contribution >= 0.6 is 0 Å². The first-order valence-corrected chi connectivity index (χ1v) is 6.82. The van der Waals surface area contributed by atoms with Crippen LogP contribution in [0.1, 0.15) is 18.3 Å². The quantitative estimate of drug-likeness (QED) is 0.649. The van der Waals surface area contributed by atoms with E-state index < -0.39 is 5.97 Å². The van der Waals surface area contributed by atoms with E-state index in [0.29, 0.717) is 12.2 Å². The van der Waals surface area contributed by atoms with Crippen LogP contribution in [-0.2, 0) is 16.1 Å². The molecule has 0 amide bonds. The van der Waals surface area contributed by atoms with E-state index in [1.807, 2.05) is 35.0 Å². The molecule has 0 aliphatic heterocycles. The Morgan fingerprint density at radius 3 is 3.05 bits per heavy atom. The molecule has 6 heteroatoms. The zero-order valence-corrected chi connectivity index (χ0v) is 12.3. The van der Waals surface area contributed by atoms with Gasteiger partial charge in [0.1, 0.15) is 6.61 Å². The topological polar surface area (TPSA) is 83.0 Å². The van der Waals surface area contributed by atoms with Gasteiger partial charge in [-0.3, -0.25) is 4.98 Å². The first-order chi connectivity index (χ1) is 10.6. The maximum Gasteiger partial charge on any atom is 0.332 e. The number of esters is 1. The van der Waals surface area contributed by atoms with Crippen molar-refractivity contribution in [3.05, 3.63) is 66.2 Å². The van der Waals surface area contributed by atoms with E-state index >= 15 is 0 Å². The molecule has 0 aliphatic rings. The van der Waals surface area contributed by atoms with Gasteiger partial charge in [0.05, 0.1) is 24.3 Å². The van der Waals surface area contributed by atoms with Crippen molar-refractivity contribution in [2.45, 2.75) is 13.5 Å². The van der Waals surface area contributed by atoms with E-state index in [1.54, 1.807) is 25.5 Å². The van der Waals surface area contributed by atoms with E-state index in [2.05, 4.69) is 9.97 Å². The van der Waals surface area contributed by atoms with E-state index in [0.717, 1.165) is 11.4 Å². The molecule has 0 aliphatic carbocycles. The Balaban J connectivity index is 1.88. The Kier molecular flexibility index (Phi) is 5.48. The number of carbonyl (C=O) groups excluding carboxylic acids is 1. The summed E-state index contributed by atoms with van der Waals surface area (Å²) in [6.45, 7) is 2.47. The SMILES string of the molecule is C/C(N)=C/C(=O)OC/C=C/c1cccc(Cn2ccnc2)n1. The van der Waals surface area contributed by atoms with Crippen molar-refractivity contribution in [2.75, 3.05) is 6.61 Å². The van der Waals surface area contributed by atoms with Crippen LogP contribution in [0.4, 0.5) is 0 Å². The predicted octanol–water partition coefficient (Wildman–Crippen LogP) is 1.75. The van der Waals surface area contributed by atoms with Gasteiger partial charge in [-0.2, -0.15) is 0 Å². The summed E-state index contributed by atoms with van der Waals surface area (Å²) in [5.74, 6) is -0.452. The summed E-state index contributed by atoms with van der Waals surface area (Å²) in [4.78, 5) is 19.8. The smallest absolute Gasteiger partial charge is 0.332 e. The maximum absolute atomic E-state index is 11.3. The lowest BCUT2D eigenvalue weighted by Gasteiger charge is -2.03. The molecule has 2 heterocycles. The summed E-state index contributed by atoms with van der Waals surface area (Å²) in [5, 5.41) is 0. The number of imidazole rings is 1. The Morgan fingerprint density at radius 1 is 1.45 bits per heavy atom. The number of ether oxygens (including phenoxy) is 1. The lowest BCUT2D eigenvalue weighted by atomic mass is 10.3. The number of hydrogen-bond acceptors (Lipinski definition) is 5. The molecule has 0 fully saturated rings. The minimum atomic E-state index is -0.452. The van der Waals surface area contributed by atoms with Gasteiger partial charge < -0.3 is 15.0 Å². The van der Waals surface area contributed by atoms with Gasteiger partial charge in [-0.1, -0.05) is 6.07 Å². The highest BCUT2D eigenvalue weighted by molar-refractivity contribution is 5.82. The average molecular weight is 298 g/mol. The summed E-state index contributed by atoms with van der Waals surface area (Å²) in [7, 11) is 0. The van der Waals surface area contributed by atoms with Crippen LogP contribution in [-0.4, -0.2) is 27.1 Å². The van der Waals surface area contributed by atoms with Gasteiger partial charge >= 0.3 is 5.97 Å². The summed E-state index contributed by atoms with van der Waals surface area (Å²) >= 11 is 0. The molecule has 2 aromatic rings. The van der Waals surface area contributed by atoms with E-state index in [1.165, 1.54) is 6.08 Å². The van der Waals surface area contributed by atoms with E-state index in [9.17, 15) is 4.79 Å². The third kappa shape index (κ3) is 5.24. The Bertz CT molecular complexity index is 671. The number of nitrogens with zero attached hydrogens (tertiary/aromatic N) is 3. The maximum atomic E-state index is 11.3. The van der Waals surface area contributed by atoms with Crippen LogP contribution in [0.2, 0.25) is 0 Å². The second-order valence-corrected chi connectivity index (χ2v) is 4.71. The van der Waals surface area contributed by atoms with Crippen LogP contribution in [0.25, 0.3) is 6.08 Å². The largest absolute Gasteiger partial charge is 0.458 e. The van der Waals surface area contributed by atoms with Crippen LogP contribution in [0.3, 0.4) is 0 Å². The fourth-order valence-electron chi connectivity index (χ4n) is 1.77. The number of carbonyl (C=O) groups is 1. The standard InChI is InChI=1S/C16H18N4O2/c1-13(17)10-16(21)22-9-3-6-14-4-2-5-15(19-14)11-20-8-7-18-12-20/h2-8,10,12H,9,11,17H2,1H3/b6-3+,13-10-. The number of aromatic nitrogens is 3. The van der Waals surface area contributed by atoms with Crippen LogP contribution in [0.5, 0.6) is 0 Å². The van der Waals surface area contributed by atoms with Crippen molar-refractivity contribution in [3.8, 4) is 0 Å². The van der Waals surface area contributed by atoms with Crippen molar-refractivity contribution >= 4 is 12.0 Å². The zero-order chi connectivity index (χ0) is 15.8. The van der Waals surface area contributed by atoms with Gasteiger partial charge in [0.15, 0.2) is 0 Å². The van der Waals surface area contributed by atoms with Gasteiger partial charge in [-0.15, -0.1) is 0 Å². The van der Waals surface area contributed by atoms with Crippen molar-refractivity contribution in [2.24, 2.45) is 5.73 Å². The summed E-state index contributed by atoms with van der Waals surface area (Å²) < 4.78 is 6.91. The van der Waals surface area contributed by atoms with Crippen molar-refractivity contribution in [1.29, 1.82) is 0 Å². The van der Waals surface area contributed by atoms with Gasteiger partial charge in [0.2, 0.25) is 0 Å². The molecule has 2 rings (SSSR count). The van der Waals surface area contributed by atoms with Gasteiger partial charge in [0, 0.05) is 24.2 Å². The normalized spacial score (nSPS) is 11.8. The summed E-state index contributed by atoms with van der Waals surface area (Å²) in [5.41, 5.74) is 7.54. The fourth-order valence-corrected chi connectivity index (χ4v) is 1.77. The van der Waals surface area contributed by atoms with Gasteiger partial charge in [-0.25, -0.2) is 9.78 Å². The number of pyridine rings is 1. The molecule has 0 saturated carbocycles.